The van der Waals surface area contributed by atoms with Crippen molar-refractivity contribution in [2.45, 2.75) is 44.1 Å². The van der Waals surface area contributed by atoms with Crippen LogP contribution in [0, 0.1) is 0 Å². The minimum atomic E-state index is -5.08. The molecule has 4 heterocycles. The zero-order chi connectivity index (χ0) is 22.1. The Morgan fingerprint density at radius 1 is 1.13 bits per heavy atom. The molecule has 2 aliphatic heterocycles. The van der Waals surface area contributed by atoms with Gasteiger partial charge in [-0.05, 0) is 12.8 Å². The summed E-state index contributed by atoms with van der Waals surface area (Å²) in [6, 6.07) is 0.685. The van der Waals surface area contributed by atoms with Gasteiger partial charge in [0, 0.05) is 57.6 Å². The fourth-order valence-electron chi connectivity index (χ4n) is 4.01. The van der Waals surface area contributed by atoms with Crippen LogP contribution in [-0.4, -0.2) is 66.2 Å². The molecule has 0 saturated carbocycles. The van der Waals surface area contributed by atoms with Crippen LogP contribution in [-0.2, 0) is 30.2 Å². The number of aliphatic carboxylic acids is 1. The van der Waals surface area contributed by atoms with Crippen molar-refractivity contribution in [2.24, 2.45) is 14.1 Å². The van der Waals surface area contributed by atoms with Crippen LogP contribution in [0.4, 0.5) is 18.9 Å². The Morgan fingerprint density at radius 3 is 2.30 bits per heavy atom. The Balaban J connectivity index is 0.000000318. The highest BCUT2D eigenvalue weighted by Crippen LogP contribution is 2.35. The van der Waals surface area contributed by atoms with Gasteiger partial charge in [-0.25, -0.2) is 4.79 Å². The molecule has 2 aliphatic rings. The van der Waals surface area contributed by atoms with Crippen molar-refractivity contribution in [3.63, 3.8) is 0 Å². The smallest absolute Gasteiger partial charge is 0.475 e. The van der Waals surface area contributed by atoms with E-state index in [4.69, 9.17) is 9.90 Å². The SMILES string of the molecule is Cn1cc(CN2CC[C@@H]3[C@H]2CCC(=O)N3c2cnn(C)c2)cn1.O=C(O)C(F)(F)F. The fourth-order valence-corrected chi connectivity index (χ4v) is 4.01. The maximum atomic E-state index is 12.5. The standard InChI is InChI=1S/C16H22N6O.C2HF3O2/c1-19-9-12(7-17-19)10-21-6-5-15-14(21)3-4-16(23)22(15)13-8-18-20(2)11-13;3-2(4,5)1(6)7/h7-9,11,14-15H,3-6,10H2,1-2H3;(H,6,7)/t14-,15-;/m1./s1. The number of carbonyl (C=O) groups is 2. The van der Waals surface area contributed by atoms with Gasteiger partial charge in [-0.15, -0.1) is 0 Å². The van der Waals surface area contributed by atoms with E-state index < -0.39 is 12.1 Å². The van der Waals surface area contributed by atoms with Crippen LogP contribution < -0.4 is 4.90 Å². The van der Waals surface area contributed by atoms with Gasteiger partial charge in [0.25, 0.3) is 0 Å². The summed E-state index contributed by atoms with van der Waals surface area (Å²) >= 11 is 0. The topological polar surface area (TPSA) is 96.5 Å². The number of alkyl halides is 3. The molecule has 2 fully saturated rings. The predicted molar refractivity (Wildman–Crippen MR) is 99.4 cm³/mol. The summed E-state index contributed by atoms with van der Waals surface area (Å²) in [4.78, 5) is 25.8. The summed E-state index contributed by atoms with van der Waals surface area (Å²) < 4.78 is 35.3. The normalized spacial score (nSPS) is 21.9. The number of halogens is 3. The largest absolute Gasteiger partial charge is 0.490 e. The van der Waals surface area contributed by atoms with Crippen LogP contribution in [0.15, 0.2) is 24.8 Å². The quantitative estimate of drug-likeness (QED) is 0.797. The minimum Gasteiger partial charge on any atom is -0.475 e. The van der Waals surface area contributed by atoms with Gasteiger partial charge < -0.3 is 10.0 Å². The number of hydrogen-bond acceptors (Lipinski definition) is 5. The van der Waals surface area contributed by atoms with E-state index in [1.54, 1.807) is 10.9 Å². The minimum absolute atomic E-state index is 0.225. The molecular weight excluding hydrogens is 405 g/mol. The van der Waals surface area contributed by atoms with Crippen LogP contribution in [0.2, 0.25) is 0 Å². The number of carbonyl (C=O) groups excluding carboxylic acids is 1. The number of rotatable bonds is 3. The number of aromatic nitrogens is 4. The highest BCUT2D eigenvalue weighted by Gasteiger charge is 2.44. The Morgan fingerprint density at radius 2 is 1.77 bits per heavy atom. The number of carboxylic acid groups (broad SMARTS) is 1. The van der Waals surface area contributed by atoms with Gasteiger partial charge in [0.2, 0.25) is 5.91 Å². The van der Waals surface area contributed by atoms with Crippen LogP contribution >= 0.6 is 0 Å². The number of aryl methyl sites for hydroxylation is 2. The lowest BCUT2D eigenvalue weighted by molar-refractivity contribution is -0.192. The van der Waals surface area contributed by atoms with Gasteiger partial charge in [0.1, 0.15) is 0 Å². The van der Waals surface area contributed by atoms with Crippen LogP contribution in [0.3, 0.4) is 0 Å². The van der Waals surface area contributed by atoms with E-state index in [9.17, 15) is 18.0 Å². The molecule has 0 unspecified atom stereocenters. The second kappa shape index (κ2) is 8.46. The van der Waals surface area contributed by atoms with Gasteiger partial charge in [-0.1, -0.05) is 0 Å². The van der Waals surface area contributed by atoms with Gasteiger partial charge in [0.15, 0.2) is 0 Å². The van der Waals surface area contributed by atoms with Crippen molar-refractivity contribution >= 4 is 17.6 Å². The van der Waals surface area contributed by atoms with E-state index in [1.807, 2.05) is 36.1 Å². The van der Waals surface area contributed by atoms with Crippen molar-refractivity contribution in [1.29, 1.82) is 0 Å². The second-order valence-electron chi connectivity index (χ2n) is 7.39. The summed E-state index contributed by atoms with van der Waals surface area (Å²) in [5, 5.41) is 15.6. The molecule has 2 saturated heterocycles. The fraction of sp³-hybridized carbons (Fsp3) is 0.556. The van der Waals surface area contributed by atoms with E-state index in [1.165, 1.54) is 5.56 Å². The first-order chi connectivity index (χ1) is 14.1. The van der Waals surface area contributed by atoms with Gasteiger partial charge in [-0.3, -0.25) is 19.1 Å². The molecule has 2 aromatic heterocycles. The number of nitrogens with zero attached hydrogens (tertiary/aromatic N) is 6. The first-order valence-corrected chi connectivity index (χ1v) is 9.38. The third-order valence-corrected chi connectivity index (χ3v) is 5.24. The van der Waals surface area contributed by atoms with Gasteiger partial charge in [-0.2, -0.15) is 23.4 Å². The maximum Gasteiger partial charge on any atom is 0.490 e. The summed E-state index contributed by atoms with van der Waals surface area (Å²) in [6.07, 6.45) is 5.22. The zero-order valence-electron chi connectivity index (χ0n) is 16.6. The summed E-state index contributed by atoms with van der Waals surface area (Å²) in [7, 11) is 3.83. The first-order valence-electron chi connectivity index (χ1n) is 9.38. The monoisotopic (exact) mass is 428 g/mol. The van der Waals surface area contributed by atoms with Crippen molar-refractivity contribution < 1.29 is 27.9 Å². The molecule has 0 aliphatic carbocycles. The van der Waals surface area contributed by atoms with Crippen LogP contribution in [0.5, 0.6) is 0 Å². The number of likely N-dealkylation sites (tertiary alicyclic amines) is 1. The molecule has 164 valence electrons. The van der Waals surface area contributed by atoms with E-state index in [2.05, 4.69) is 21.3 Å². The van der Waals surface area contributed by atoms with E-state index in [0.717, 1.165) is 31.6 Å². The number of carboxylic acids is 1. The van der Waals surface area contributed by atoms with Crippen molar-refractivity contribution in [3.8, 4) is 0 Å². The lowest BCUT2D eigenvalue weighted by Gasteiger charge is -2.39. The van der Waals surface area contributed by atoms with E-state index in [-0.39, 0.29) is 11.9 Å². The molecular formula is C18H23F3N6O3. The number of hydrogen-bond donors (Lipinski definition) is 1. The van der Waals surface area contributed by atoms with Crippen LogP contribution in [0.1, 0.15) is 24.8 Å². The molecule has 1 amide bonds. The summed E-state index contributed by atoms with van der Waals surface area (Å²) in [5.41, 5.74) is 2.16. The molecule has 0 bridgehead atoms. The van der Waals surface area contributed by atoms with Crippen molar-refractivity contribution in [3.05, 3.63) is 30.4 Å². The molecule has 2 atom stereocenters. The number of fused-ring (bicyclic) bond motifs is 1. The predicted octanol–water partition coefficient (Wildman–Crippen LogP) is 1.56. The number of amides is 1. The van der Waals surface area contributed by atoms with Gasteiger partial charge in [0.05, 0.1) is 24.1 Å². The van der Waals surface area contributed by atoms with E-state index >= 15 is 0 Å². The van der Waals surface area contributed by atoms with Crippen LogP contribution in [0.25, 0.3) is 0 Å². The average Bonchev–Trinajstić information content (AvgIpc) is 3.36. The Bertz CT molecular complexity index is 909. The molecule has 9 nitrogen and oxygen atoms in total. The van der Waals surface area contributed by atoms with Crippen molar-refractivity contribution in [2.75, 3.05) is 11.4 Å². The molecule has 2 aromatic rings. The molecule has 0 spiro atoms. The lowest BCUT2D eigenvalue weighted by Crippen LogP contribution is -2.52. The molecule has 1 N–H and O–H groups in total. The Hall–Kier alpha value is -2.89. The molecule has 12 heteroatoms. The number of anilines is 1. The second-order valence-corrected chi connectivity index (χ2v) is 7.39. The highest BCUT2D eigenvalue weighted by molar-refractivity contribution is 5.94. The molecule has 0 radical (unpaired) electrons. The summed E-state index contributed by atoms with van der Waals surface area (Å²) in [5.74, 6) is -2.53. The lowest BCUT2D eigenvalue weighted by atomic mass is 9.96. The molecule has 30 heavy (non-hydrogen) atoms. The molecule has 4 rings (SSSR count). The Labute approximate surface area is 170 Å². The van der Waals surface area contributed by atoms with E-state index in [0.29, 0.717) is 12.5 Å². The zero-order valence-corrected chi connectivity index (χ0v) is 16.6. The average molecular weight is 428 g/mol. The first kappa shape index (κ1) is 21.8. The highest BCUT2D eigenvalue weighted by atomic mass is 19.4. The maximum absolute atomic E-state index is 12.5. The van der Waals surface area contributed by atoms with Gasteiger partial charge >= 0.3 is 12.1 Å². The number of piperidine rings is 1. The third-order valence-electron chi connectivity index (χ3n) is 5.24. The summed E-state index contributed by atoms with van der Waals surface area (Å²) in [6.45, 7) is 1.93. The molecule has 0 aromatic carbocycles. The third kappa shape index (κ3) is 4.81. The Kier molecular flexibility index (Phi) is 6.15. The van der Waals surface area contributed by atoms with Crippen molar-refractivity contribution in [1.82, 2.24) is 24.5 Å².